The molecule has 140 valence electrons. The van der Waals surface area contributed by atoms with Crippen molar-refractivity contribution in [1.82, 2.24) is 0 Å². The van der Waals surface area contributed by atoms with Crippen LogP contribution < -0.4 is 0 Å². The van der Waals surface area contributed by atoms with Crippen LogP contribution >= 0.6 is 0 Å². The highest BCUT2D eigenvalue weighted by atomic mass is 16.6. The molecule has 4 aliphatic rings. The van der Waals surface area contributed by atoms with Crippen LogP contribution in [0.25, 0.3) is 0 Å². The fraction of sp³-hybridized carbons (Fsp3) is 0.900. The molecule has 25 heavy (non-hydrogen) atoms. The van der Waals surface area contributed by atoms with Gasteiger partial charge in [-0.25, -0.2) is 0 Å². The number of fused-ring (bicyclic) bond motifs is 2. The van der Waals surface area contributed by atoms with Gasteiger partial charge in [-0.1, -0.05) is 34.1 Å². The van der Waals surface area contributed by atoms with Crippen molar-refractivity contribution in [3.05, 3.63) is 0 Å². The van der Waals surface area contributed by atoms with Gasteiger partial charge in [-0.3, -0.25) is 9.59 Å². The van der Waals surface area contributed by atoms with Crippen LogP contribution in [0, 0.1) is 40.9 Å². The number of carbonyl (C=O) groups excluding carboxylic acids is 2. The van der Waals surface area contributed by atoms with E-state index in [4.69, 9.17) is 4.74 Å². The molecular weight excluding hydrogens is 320 g/mol. The third kappa shape index (κ3) is 2.03. The third-order valence-corrected chi connectivity index (χ3v) is 8.06. The van der Waals surface area contributed by atoms with Crippen molar-refractivity contribution in [1.29, 1.82) is 0 Å². The zero-order valence-electron chi connectivity index (χ0n) is 15.6. The minimum Gasteiger partial charge on any atom is -0.461 e. The zero-order chi connectivity index (χ0) is 18.3. The van der Waals surface area contributed by atoms with E-state index in [0.717, 1.165) is 6.42 Å². The van der Waals surface area contributed by atoms with E-state index in [1.165, 1.54) is 0 Å². The average molecular weight is 350 g/mol. The summed E-state index contributed by atoms with van der Waals surface area (Å²) < 4.78 is 5.75. The maximum absolute atomic E-state index is 13.3. The molecule has 5 nitrogen and oxygen atoms in total. The fourth-order valence-electron chi connectivity index (χ4n) is 6.77. The van der Waals surface area contributed by atoms with E-state index in [1.54, 1.807) is 0 Å². The van der Waals surface area contributed by atoms with E-state index >= 15 is 0 Å². The van der Waals surface area contributed by atoms with Crippen molar-refractivity contribution >= 4 is 11.8 Å². The van der Waals surface area contributed by atoms with Gasteiger partial charge < -0.3 is 14.9 Å². The molecule has 1 saturated heterocycles. The number of ketones is 1. The van der Waals surface area contributed by atoms with E-state index < -0.39 is 29.0 Å². The van der Waals surface area contributed by atoms with Gasteiger partial charge in [0.1, 0.15) is 11.9 Å². The maximum atomic E-state index is 13.3. The van der Waals surface area contributed by atoms with Gasteiger partial charge in [0.25, 0.3) is 0 Å². The summed E-state index contributed by atoms with van der Waals surface area (Å²) in [6.07, 6.45) is 1.03. The molecule has 1 heterocycles. The first kappa shape index (κ1) is 17.5. The lowest BCUT2D eigenvalue weighted by Crippen LogP contribution is -2.71. The van der Waals surface area contributed by atoms with Crippen LogP contribution in [0.3, 0.4) is 0 Å². The quantitative estimate of drug-likeness (QED) is 0.706. The van der Waals surface area contributed by atoms with Crippen molar-refractivity contribution < 1.29 is 24.5 Å². The topological polar surface area (TPSA) is 83.8 Å². The van der Waals surface area contributed by atoms with Crippen LogP contribution in [-0.4, -0.2) is 39.8 Å². The van der Waals surface area contributed by atoms with Crippen LogP contribution in [0.4, 0.5) is 0 Å². The number of aliphatic hydroxyl groups is 2. The summed E-state index contributed by atoms with van der Waals surface area (Å²) in [5.41, 5.74) is -2.16. The normalized spacial score (nSPS) is 54.9. The van der Waals surface area contributed by atoms with Gasteiger partial charge in [0, 0.05) is 29.6 Å². The molecule has 4 rings (SSSR count). The smallest absolute Gasteiger partial charge is 0.312 e. The molecule has 1 aliphatic heterocycles. The molecule has 0 unspecified atom stereocenters. The predicted octanol–water partition coefficient (Wildman–Crippen LogP) is 1.94. The van der Waals surface area contributed by atoms with Crippen molar-refractivity contribution in [2.24, 2.45) is 40.9 Å². The van der Waals surface area contributed by atoms with Crippen LogP contribution in [0.2, 0.25) is 0 Å². The molecule has 0 bridgehead atoms. The molecule has 0 radical (unpaired) electrons. The Morgan fingerprint density at radius 2 is 1.92 bits per heavy atom. The largest absolute Gasteiger partial charge is 0.461 e. The van der Waals surface area contributed by atoms with E-state index in [1.807, 2.05) is 6.92 Å². The number of ether oxygens (including phenoxy) is 1. The summed E-state index contributed by atoms with van der Waals surface area (Å²) in [5.74, 6) is -1.19. The van der Waals surface area contributed by atoms with E-state index in [2.05, 4.69) is 20.8 Å². The maximum Gasteiger partial charge on any atom is 0.312 e. The minimum atomic E-state index is -1.37. The minimum absolute atomic E-state index is 0.000400. The molecule has 0 amide bonds. The Balaban J connectivity index is 1.86. The van der Waals surface area contributed by atoms with Crippen molar-refractivity contribution in [2.75, 3.05) is 0 Å². The van der Waals surface area contributed by atoms with Gasteiger partial charge in [0.15, 0.2) is 0 Å². The van der Waals surface area contributed by atoms with Crippen molar-refractivity contribution in [3.8, 4) is 0 Å². The van der Waals surface area contributed by atoms with Crippen LogP contribution in [0.1, 0.15) is 53.4 Å². The molecule has 4 fully saturated rings. The molecule has 0 spiro atoms. The fourth-order valence-corrected chi connectivity index (χ4v) is 6.77. The first-order valence-electron chi connectivity index (χ1n) is 9.76. The lowest BCUT2D eigenvalue weighted by atomic mass is 9.42. The Kier molecular flexibility index (Phi) is 3.70. The summed E-state index contributed by atoms with van der Waals surface area (Å²) >= 11 is 0. The Hall–Kier alpha value is -0.940. The van der Waals surface area contributed by atoms with Gasteiger partial charge in [-0.2, -0.15) is 0 Å². The highest BCUT2D eigenvalue weighted by Crippen LogP contribution is 2.65. The van der Waals surface area contributed by atoms with Gasteiger partial charge in [0.2, 0.25) is 0 Å². The zero-order valence-corrected chi connectivity index (χ0v) is 15.6. The molecule has 9 atom stereocenters. The Labute approximate surface area is 149 Å². The third-order valence-electron chi connectivity index (χ3n) is 8.06. The van der Waals surface area contributed by atoms with Crippen LogP contribution in [0.15, 0.2) is 0 Å². The molecule has 2 N–H and O–H groups in total. The Morgan fingerprint density at radius 3 is 2.56 bits per heavy atom. The SMILES string of the molecule is CC(C)[C@@H]1CC(=O)[C@@]2(C)[C@H]3[C@H]1OC(=O)[C@H]3[C@H](O)[C@@]1(O)C[C@@H](C)CC[C@@H]12. The van der Waals surface area contributed by atoms with Gasteiger partial charge in [0.05, 0.1) is 17.6 Å². The van der Waals surface area contributed by atoms with Gasteiger partial charge >= 0.3 is 5.97 Å². The molecule has 3 aliphatic carbocycles. The van der Waals surface area contributed by atoms with E-state index in [9.17, 15) is 19.8 Å². The van der Waals surface area contributed by atoms with Crippen LogP contribution in [0.5, 0.6) is 0 Å². The average Bonchev–Trinajstić information content (AvgIpc) is 2.86. The highest BCUT2D eigenvalue weighted by Gasteiger charge is 2.74. The second kappa shape index (κ2) is 5.29. The molecule has 0 aromatic carbocycles. The summed E-state index contributed by atoms with van der Waals surface area (Å²) in [6, 6.07) is 0. The number of hydrogen-bond donors (Lipinski definition) is 2. The predicted molar refractivity (Wildman–Crippen MR) is 90.4 cm³/mol. The lowest BCUT2D eigenvalue weighted by Gasteiger charge is -2.62. The Bertz CT molecular complexity index is 615. The van der Waals surface area contributed by atoms with Crippen LogP contribution in [-0.2, 0) is 14.3 Å². The number of hydrogen-bond acceptors (Lipinski definition) is 5. The number of esters is 1. The molecule has 3 saturated carbocycles. The summed E-state index contributed by atoms with van der Waals surface area (Å²) in [5, 5.41) is 22.5. The standard InChI is InChI=1S/C20H30O5/c1-9(2)11-7-13(21)19(4)12-6-5-10(3)8-20(12,24)17(22)14-15(19)16(11)25-18(14)23/h9-12,14-17,22,24H,5-8H2,1-4H3/t10-,11-,12+,14+,15+,16-,17-,19-,20+/m0/s1. The summed E-state index contributed by atoms with van der Waals surface area (Å²) in [6.45, 7) is 8.10. The van der Waals surface area contributed by atoms with E-state index in [-0.39, 0.29) is 41.5 Å². The number of Topliss-reactive ketones (excluding diaryl/α,β-unsaturated/α-hetero) is 1. The monoisotopic (exact) mass is 350 g/mol. The number of aliphatic hydroxyl groups excluding tert-OH is 1. The van der Waals surface area contributed by atoms with Gasteiger partial charge in [-0.15, -0.1) is 0 Å². The summed E-state index contributed by atoms with van der Waals surface area (Å²) in [4.78, 5) is 26.0. The van der Waals surface area contributed by atoms with Gasteiger partial charge in [-0.05, 0) is 24.7 Å². The number of rotatable bonds is 1. The lowest BCUT2D eigenvalue weighted by molar-refractivity contribution is -0.242. The second-order valence-electron chi connectivity index (χ2n) is 9.65. The van der Waals surface area contributed by atoms with Crippen molar-refractivity contribution in [3.63, 3.8) is 0 Å². The molecule has 5 heteroatoms. The first-order chi connectivity index (χ1) is 11.6. The Morgan fingerprint density at radius 1 is 1.24 bits per heavy atom. The molecule has 0 aromatic rings. The number of carbonyl (C=O) groups is 2. The van der Waals surface area contributed by atoms with Crippen molar-refractivity contribution in [2.45, 2.75) is 71.2 Å². The second-order valence-corrected chi connectivity index (χ2v) is 9.65. The molecule has 0 aromatic heterocycles. The molecular formula is C20H30O5. The highest BCUT2D eigenvalue weighted by molar-refractivity contribution is 5.90. The first-order valence-corrected chi connectivity index (χ1v) is 9.76. The summed E-state index contributed by atoms with van der Waals surface area (Å²) in [7, 11) is 0. The van der Waals surface area contributed by atoms with E-state index in [0.29, 0.717) is 19.3 Å².